The lowest BCUT2D eigenvalue weighted by molar-refractivity contribution is -0.129. The third kappa shape index (κ3) is 2.77. The third-order valence-electron chi connectivity index (χ3n) is 5.83. The van der Waals surface area contributed by atoms with E-state index in [2.05, 4.69) is 51.4 Å². The number of anilines is 1. The van der Waals surface area contributed by atoms with Crippen LogP contribution in [-0.4, -0.2) is 35.5 Å². The van der Waals surface area contributed by atoms with E-state index in [1.807, 2.05) is 18.5 Å². The SMILES string of the molecule is CCc1cnc(N2CCC3(CC2)C(=O)NC[C@H]3c2ccccc2)nc1. The molecule has 1 atom stereocenters. The van der Waals surface area contributed by atoms with Crippen LogP contribution in [0, 0.1) is 5.41 Å². The number of piperidine rings is 1. The van der Waals surface area contributed by atoms with Gasteiger partial charge in [0.05, 0.1) is 5.41 Å². The lowest BCUT2D eigenvalue weighted by atomic mass is 9.68. The largest absolute Gasteiger partial charge is 0.355 e. The fourth-order valence-electron chi connectivity index (χ4n) is 4.22. The molecule has 1 aromatic carbocycles. The van der Waals surface area contributed by atoms with Gasteiger partial charge in [0.25, 0.3) is 0 Å². The van der Waals surface area contributed by atoms with Gasteiger partial charge in [-0.2, -0.15) is 0 Å². The summed E-state index contributed by atoms with van der Waals surface area (Å²) in [6.07, 6.45) is 6.44. The first-order valence-corrected chi connectivity index (χ1v) is 9.12. The zero-order valence-electron chi connectivity index (χ0n) is 14.6. The molecule has 1 aromatic heterocycles. The van der Waals surface area contributed by atoms with Crippen molar-refractivity contribution in [1.29, 1.82) is 0 Å². The summed E-state index contributed by atoms with van der Waals surface area (Å²) in [4.78, 5) is 23.9. The fourth-order valence-corrected chi connectivity index (χ4v) is 4.22. The summed E-state index contributed by atoms with van der Waals surface area (Å²) in [5, 5.41) is 3.11. The van der Waals surface area contributed by atoms with Crippen molar-refractivity contribution in [2.24, 2.45) is 5.41 Å². The van der Waals surface area contributed by atoms with Crippen molar-refractivity contribution in [1.82, 2.24) is 15.3 Å². The molecule has 130 valence electrons. The predicted octanol–water partition coefficient (Wildman–Crippen LogP) is 2.54. The molecule has 2 fully saturated rings. The fraction of sp³-hybridized carbons (Fsp3) is 0.450. The lowest BCUT2D eigenvalue weighted by Crippen LogP contribution is -2.46. The second-order valence-corrected chi connectivity index (χ2v) is 7.06. The lowest BCUT2D eigenvalue weighted by Gasteiger charge is -2.41. The van der Waals surface area contributed by atoms with Crippen LogP contribution < -0.4 is 10.2 Å². The average molecular weight is 336 g/mol. The van der Waals surface area contributed by atoms with Gasteiger partial charge in [0, 0.05) is 37.9 Å². The van der Waals surface area contributed by atoms with Crippen molar-refractivity contribution in [3.63, 3.8) is 0 Å². The summed E-state index contributed by atoms with van der Waals surface area (Å²) < 4.78 is 0. The average Bonchev–Trinajstić information content (AvgIpc) is 2.99. The molecule has 2 aliphatic heterocycles. The molecule has 0 unspecified atom stereocenters. The maximum atomic E-state index is 12.7. The van der Waals surface area contributed by atoms with Crippen LogP contribution in [0.5, 0.6) is 0 Å². The molecule has 2 saturated heterocycles. The molecule has 25 heavy (non-hydrogen) atoms. The molecular formula is C20H24N4O. The number of nitrogens with one attached hydrogen (secondary N) is 1. The number of aromatic nitrogens is 2. The van der Waals surface area contributed by atoms with E-state index in [-0.39, 0.29) is 17.2 Å². The van der Waals surface area contributed by atoms with Gasteiger partial charge < -0.3 is 10.2 Å². The molecule has 3 heterocycles. The number of hydrogen-bond donors (Lipinski definition) is 1. The molecule has 0 radical (unpaired) electrons. The van der Waals surface area contributed by atoms with Crippen molar-refractivity contribution in [2.75, 3.05) is 24.5 Å². The number of aryl methyl sites for hydroxylation is 1. The molecule has 2 aliphatic rings. The third-order valence-corrected chi connectivity index (χ3v) is 5.83. The Hall–Kier alpha value is -2.43. The summed E-state index contributed by atoms with van der Waals surface area (Å²) in [5.74, 6) is 1.25. The number of amides is 1. The quantitative estimate of drug-likeness (QED) is 0.936. The van der Waals surface area contributed by atoms with E-state index >= 15 is 0 Å². The Balaban J connectivity index is 1.53. The van der Waals surface area contributed by atoms with Gasteiger partial charge in [-0.15, -0.1) is 0 Å². The second kappa shape index (κ2) is 6.47. The Morgan fingerprint density at radius 2 is 1.84 bits per heavy atom. The molecule has 2 aromatic rings. The maximum Gasteiger partial charge on any atom is 0.227 e. The van der Waals surface area contributed by atoms with Crippen LogP contribution in [0.3, 0.4) is 0 Å². The number of rotatable bonds is 3. The summed E-state index contributed by atoms with van der Waals surface area (Å²) in [7, 11) is 0. The summed E-state index contributed by atoms with van der Waals surface area (Å²) in [6.45, 7) is 4.49. The molecule has 1 N–H and O–H groups in total. The van der Waals surface area contributed by atoms with Gasteiger partial charge in [-0.05, 0) is 30.4 Å². The molecule has 0 aliphatic carbocycles. The molecule has 0 bridgehead atoms. The van der Waals surface area contributed by atoms with Crippen LogP contribution in [0.2, 0.25) is 0 Å². The zero-order chi connectivity index (χ0) is 17.3. The Bertz CT molecular complexity index is 736. The van der Waals surface area contributed by atoms with Gasteiger partial charge >= 0.3 is 0 Å². The van der Waals surface area contributed by atoms with Gasteiger partial charge in [0.2, 0.25) is 11.9 Å². The highest BCUT2D eigenvalue weighted by Crippen LogP contribution is 2.47. The number of hydrogen-bond acceptors (Lipinski definition) is 4. The van der Waals surface area contributed by atoms with Gasteiger partial charge in [0.1, 0.15) is 0 Å². The monoisotopic (exact) mass is 336 g/mol. The van der Waals surface area contributed by atoms with Crippen molar-refractivity contribution < 1.29 is 4.79 Å². The van der Waals surface area contributed by atoms with Gasteiger partial charge in [0.15, 0.2) is 0 Å². The van der Waals surface area contributed by atoms with Gasteiger partial charge in [-0.1, -0.05) is 37.3 Å². The predicted molar refractivity (Wildman–Crippen MR) is 97.5 cm³/mol. The second-order valence-electron chi connectivity index (χ2n) is 7.06. The number of carbonyl (C=O) groups excluding carboxylic acids is 1. The molecule has 5 nitrogen and oxygen atoms in total. The first-order valence-electron chi connectivity index (χ1n) is 9.12. The first kappa shape index (κ1) is 16.1. The van der Waals surface area contributed by atoms with E-state index in [9.17, 15) is 4.79 Å². The minimum Gasteiger partial charge on any atom is -0.355 e. The summed E-state index contributed by atoms with van der Waals surface area (Å²) in [5.41, 5.74) is 2.12. The molecular weight excluding hydrogens is 312 g/mol. The zero-order valence-corrected chi connectivity index (χ0v) is 14.6. The van der Waals surface area contributed by atoms with E-state index in [0.29, 0.717) is 0 Å². The highest BCUT2D eigenvalue weighted by atomic mass is 16.2. The Kier molecular flexibility index (Phi) is 4.15. The van der Waals surface area contributed by atoms with Crippen LogP contribution in [-0.2, 0) is 11.2 Å². The minimum atomic E-state index is -0.290. The normalized spacial score (nSPS) is 22.2. The number of carbonyl (C=O) groups is 1. The van der Waals surface area contributed by atoms with Crippen molar-refractivity contribution >= 4 is 11.9 Å². The summed E-state index contributed by atoms with van der Waals surface area (Å²) >= 11 is 0. The smallest absolute Gasteiger partial charge is 0.227 e. The van der Waals surface area contributed by atoms with Gasteiger partial charge in [-0.25, -0.2) is 9.97 Å². The van der Waals surface area contributed by atoms with Crippen molar-refractivity contribution in [3.05, 3.63) is 53.9 Å². The summed E-state index contributed by atoms with van der Waals surface area (Å²) in [6, 6.07) is 10.4. The molecule has 1 amide bonds. The van der Waals surface area contributed by atoms with E-state index < -0.39 is 0 Å². The molecule has 4 rings (SSSR count). The molecule has 0 saturated carbocycles. The van der Waals surface area contributed by atoms with Crippen LogP contribution in [0.15, 0.2) is 42.7 Å². The van der Waals surface area contributed by atoms with Crippen LogP contribution >= 0.6 is 0 Å². The van der Waals surface area contributed by atoms with Crippen molar-refractivity contribution in [2.45, 2.75) is 32.1 Å². The highest BCUT2D eigenvalue weighted by Gasteiger charge is 2.52. The Morgan fingerprint density at radius 1 is 1.16 bits per heavy atom. The topological polar surface area (TPSA) is 58.1 Å². The van der Waals surface area contributed by atoms with E-state index in [0.717, 1.165) is 50.4 Å². The van der Waals surface area contributed by atoms with Crippen LogP contribution in [0.1, 0.15) is 36.8 Å². The highest BCUT2D eigenvalue weighted by molar-refractivity contribution is 5.87. The standard InChI is InChI=1S/C20H24N4O/c1-2-15-12-22-19(23-13-15)24-10-8-20(9-11-24)17(14-21-18(20)25)16-6-4-3-5-7-16/h3-7,12-13,17H,2,8-11,14H2,1H3,(H,21,25)/t17-/m0/s1. The minimum absolute atomic E-state index is 0.211. The van der Waals surface area contributed by atoms with E-state index in [4.69, 9.17) is 0 Å². The number of nitrogens with zero attached hydrogens (tertiary/aromatic N) is 3. The maximum absolute atomic E-state index is 12.7. The van der Waals surface area contributed by atoms with Crippen LogP contribution in [0.25, 0.3) is 0 Å². The van der Waals surface area contributed by atoms with Crippen molar-refractivity contribution in [3.8, 4) is 0 Å². The van der Waals surface area contributed by atoms with E-state index in [1.165, 1.54) is 5.56 Å². The Labute approximate surface area is 148 Å². The molecule has 5 heteroatoms. The Morgan fingerprint density at radius 3 is 2.48 bits per heavy atom. The molecule has 1 spiro atoms. The van der Waals surface area contributed by atoms with Crippen LogP contribution in [0.4, 0.5) is 5.95 Å². The first-order chi connectivity index (χ1) is 12.2. The van der Waals surface area contributed by atoms with E-state index in [1.54, 1.807) is 0 Å². The van der Waals surface area contributed by atoms with Gasteiger partial charge in [-0.3, -0.25) is 4.79 Å². The number of benzene rings is 1.